The van der Waals surface area contributed by atoms with Crippen LogP contribution in [0.15, 0.2) is 53.4 Å². The van der Waals surface area contributed by atoms with Gasteiger partial charge in [0.15, 0.2) is 0 Å². The van der Waals surface area contributed by atoms with Crippen molar-refractivity contribution in [3.05, 3.63) is 54.1 Å². The van der Waals surface area contributed by atoms with E-state index in [0.29, 0.717) is 11.4 Å². The molecule has 6 nitrogen and oxygen atoms in total. The number of aryl methyl sites for hydroxylation is 1. The molecule has 0 saturated carbocycles. The maximum Gasteiger partial charge on any atom is 0.241 e. The molecule has 2 rings (SSSR count). The van der Waals surface area contributed by atoms with Crippen LogP contribution in [0.1, 0.15) is 5.56 Å². The van der Waals surface area contributed by atoms with Crippen molar-refractivity contribution in [2.75, 3.05) is 19.0 Å². The van der Waals surface area contributed by atoms with Crippen molar-refractivity contribution in [3.8, 4) is 5.75 Å². The molecule has 7 heteroatoms. The van der Waals surface area contributed by atoms with Crippen molar-refractivity contribution < 1.29 is 17.9 Å². The van der Waals surface area contributed by atoms with E-state index in [1.54, 1.807) is 30.3 Å². The fraction of sp³-hybridized carbons (Fsp3) is 0.188. The van der Waals surface area contributed by atoms with Gasteiger partial charge in [-0.1, -0.05) is 24.3 Å². The molecule has 1 amide bonds. The summed E-state index contributed by atoms with van der Waals surface area (Å²) >= 11 is 0. The molecule has 0 aliphatic rings. The molecule has 0 spiro atoms. The van der Waals surface area contributed by atoms with Crippen molar-refractivity contribution in [2.45, 2.75) is 11.8 Å². The smallest absolute Gasteiger partial charge is 0.241 e. The van der Waals surface area contributed by atoms with Crippen LogP contribution in [0.25, 0.3) is 0 Å². The van der Waals surface area contributed by atoms with Crippen LogP contribution >= 0.6 is 0 Å². The zero-order chi connectivity index (χ0) is 16.9. The van der Waals surface area contributed by atoms with Crippen LogP contribution in [0.5, 0.6) is 5.75 Å². The standard InChI is InChI=1S/C16H18N2O4S/c1-12-8-9-15(22-2)14(10-12)18-16(19)11-17-23(20,21)13-6-4-3-5-7-13/h3-10,17H,11H2,1-2H3,(H,18,19). The van der Waals surface area contributed by atoms with Crippen LogP contribution < -0.4 is 14.8 Å². The van der Waals surface area contributed by atoms with Crippen LogP contribution in [-0.2, 0) is 14.8 Å². The minimum absolute atomic E-state index is 0.112. The Morgan fingerprint density at radius 2 is 1.83 bits per heavy atom. The number of sulfonamides is 1. The van der Waals surface area contributed by atoms with Gasteiger partial charge in [-0.25, -0.2) is 13.1 Å². The molecular formula is C16H18N2O4S. The van der Waals surface area contributed by atoms with Crippen LogP contribution in [0, 0.1) is 6.92 Å². The number of carbonyl (C=O) groups is 1. The Balaban J connectivity index is 2.02. The van der Waals surface area contributed by atoms with Gasteiger partial charge in [-0.05, 0) is 36.8 Å². The number of methoxy groups -OCH3 is 1. The number of anilines is 1. The molecule has 2 aromatic carbocycles. The van der Waals surface area contributed by atoms with E-state index < -0.39 is 15.9 Å². The molecule has 122 valence electrons. The number of hydrogen-bond donors (Lipinski definition) is 2. The Labute approximate surface area is 135 Å². The molecule has 23 heavy (non-hydrogen) atoms. The van der Waals surface area contributed by atoms with Crippen molar-refractivity contribution in [3.63, 3.8) is 0 Å². The highest BCUT2D eigenvalue weighted by molar-refractivity contribution is 7.89. The lowest BCUT2D eigenvalue weighted by molar-refractivity contribution is -0.115. The Kier molecular flexibility index (Phi) is 5.36. The van der Waals surface area contributed by atoms with Crippen LogP contribution in [0.3, 0.4) is 0 Å². The molecule has 0 saturated heterocycles. The third-order valence-electron chi connectivity index (χ3n) is 3.11. The monoisotopic (exact) mass is 334 g/mol. The molecule has 0 heterocycles. The van der Waals surface area contributed by atoms with Crippen LogP contribution in [0.4, 0.5) is 5.69 Å². The quantitative estimate of drug-likeness (QED) is 0.845. The van der Waals surface area contributed by atoms with E-state index in [0.717, 1.165) is 5.56 Å². The molecule has 0 aromatic heterocycles. The van der Waals surface area contributed by atoms with Crippen molar-refractivity contribution >= 4 is 21.6 Å². The Morgan fingerprint density at radius 1 is 1.13 bits per heavy atom. The number of rotatable bonds is 6. The van der Waals surface area contributed by atoms with E-state index >= 15 is 0 Å². The summed E-state index contributed by atoms with van der Waals surface area (Å²) < 4.78 is 31.5. The number of nitrogens with one attached hydrogen (secondary N) is 2. The number of ether oxygens (including phenoxy) is 1. The highest BCUT2D eigenvalue weighted by Gasteiger charge is 2.15. The zero-order valence-electron chi connectivity index (χ0n) is 12.9. The highest BCUT2D eigenvalue weighted by Crippen LogP contribution is 2.24. The molecule has 0 aliphatic carbocycles. The SMILES string of the molecule is COc1ccc(C)cc1NC(=O)CNS(=O)(=O)c1ccccc1. The highest BCUT2D eigenvalue weighted by atomic mass is 32.2. The van der Waals surface area contributed by atoms with E-state index in [9.17, 15) is 13.2 Å². The van der Waals surface area contributed by atoms with Gasteiger partial charge in [-0.3, -0.25) is 4.79 Å². The summed E-state index contributed by atoms with van der Waals surface area (Å²) in [5.74, 6) is 0.0308. The van der Waals surface area contributed by atoms with E-state index in [1.165, 1.54) is 19.2 Å². The molecule has 0 bridgehead atoms. The average molecular weight is 334 g/mol. The second kappa shape index (κ2) is 7.26. The van der Waals surface area contributed by atoms with E-state index in [1.807, 2.05) is 13.0 Å². The maximum absolute atomic E-state index is 12.1. The molecule has 2 aromatic rings. The molecular weight excluding hydrogens is 316 g/mol. The first-order valence-electron chi connectivity index (χ1n) is 6.91. The van der Waals surface area contributed by atoms with Crippen LogP contribution in [-0.4, -0.2) is 28.0 Å². The van der Waals surface area contributed by atoms with Gasteiger partial charge < -0.3 is 10.1 Å². The third kappa shape index (κ3) is 4.54. The van der Waals surface area contributed by atoms with Crippen molar-refractivity contribution in [1.82, 2.24) is 4.72 Å². The lowest BCUT2D eigenvalue weighted by atomic mass is 10.2. The van der Waals surface area contributed by atoms with Gasteiger partial charge in [0.1, 0.15) is 5.75 Å². The Morgan fingerprint density at radius 3 is 2.48 bits per heavy atom. The third-order valence-corrected chi connectivity index (χ3v) is 4.52. The number of benzene rings is 2. The van der Waals surface area contributed by atoms with Crippen LogP contribution in [0.2, 0.25) is 0 Å². The summed E-state index contributed by atoms with van der Waals surface area (Å²) in [6, 6.07) is 13.2. The molecule has 0 unspecified atom stereocenters. The Hall–Kier alpha value is -2.38. The van der Waals surface area contributed by atoms with E-state index in [4.69, 9.17) is 4.74 Å². The minimum Gasteiger partial charge on any atom is -0.495 e. The fourth-order valence-corrected chi connectivity index (χ4v) is 2.96. The summed E-state index contributed by atoms with van der Waals surface area (Å²) in [6.07, 6.45) is 0. The second-order valence-corrected chi connectivity index (χ2v) is 6.66. The van der Waals surface area contributed by atoms with E-state index in [-0.39, 0.29) is 11.4 Å². The first-order valence-corrected chi connectivity index (χ1v) is 8.40. The van der Waals surface area contributed by atoms with Gasteiger partial charge in [0.2, 0.25) is 15.9 Å². The molecule has 0 atom stereocenters. The molecule has 2 N–H and O–H groups in total. The van der Waals surface area contributed by atoms with Gasteiger partial charge in [-0.2, -0.15) is 0 Å². The fourth-order valence-electron chi connectivity index (χ4n) is 1.96. The predicted molar refractivity (Wildman–Crippen MR) is 88.0 cm³/mol. The average Bonchev–Trinajstić information content (AvgIpc) is 2.54. The number of hydrogen-bond acceptors (Lipinski definition) is 4. The topological polar surface area (TPSA) is 84.5 Å². The van der Waals surface area contributed by atoms with Gasteiger partial charge in [-0.15, -0.1) is 0 Å². The summed E-state index contributed by atoms with van der Waals surface area (Å²) in [4.78, 5) is 12.1. The summed E-state index contributed by atoms with van der Waals surface area (Å²) in [6.45, 7) is 1.52. The van der Waals surface area contributed by atoms with Crippen molar-refractivity contribution in [2.24, 2.45) is 0 Å². The lowest BCUT2D eigenvalue weighted by Gasteiger charge is -2.11. The largest absolute Gasteiger partial charge is 0.495 e. The summed E-state index contributed by atoms with van der Waals surface area (Å²) in [5.41, 5.74) is 1.45. The van der Waals surface area contributed by atoms with Gasteiger partial charge in [0.05, 0.1) is 24.2 Å². The molecule has 0 aliphatic heterocycles. The summed E-state index contributed by atoms with van der Waals surface area (Å²) in [7, 11) is -2.22. The van der Waals surface area contributed by atoms with E-state index in [2.05, 4.69) is 10.0 Å². The zero-order valence-corrected chi connectivity index (χ0v) is 13.7. The molecule has 0 fully saturated rings. The predicted octanol–water partition coefficient (Wildman–Crippen LogP) is 1.92. The molecule has 0 radical (unpaired) electrons. The minimum atomic E-state index is -3.71. The summed E-state index contributed by atoms with van der Waals surface area (Å²) in [5, 5.41) is 2.64. The first kappa shape index (κ1) is 17.0. The first-order chi connectivity index (χ1) is 10.9. The number of carbonyl (C=O) groups excluding carboxylic acids is 1. The van der Waals surface area contributed by atoms with Gasteiger partial charge in [0.25, 0.3) is 0 Å². The Bertz CT molecular complexity index is 789. The van der Waals surface area contributed by atoms with Crippen molar-refractivity contribution in [1.29, 1.82) is 0 Å². The van der Waals surface area contributed by atoms with Gasteiger partial charge in [0, 0.05) is 0 Å². The lowest BCUT2D eigenvalue weighted by Crippen LogP contribution is -2.33. The maximum atomic E-state index is 12.1. The normalized spacial score (nSPS) is 11.0. The van der Waals surface area contributed by atoms with Gasteiger partial charge >= 0.3 is 0 Å². The number of amides is 1. The second-order valence-electron chi connectivity index (χ2n) is 4.89.